The Balaban J connectivity index is 1.54. The lowest BCUT2D eigenvalue weighted by Crippen LogP contribution is -2.36. The number of aryl methyl sites for hydroxylation is 1. The number of nitrogens with one attached hydrogen (secondary N) is 1. The molecule has 0 aliphatic carbocycles. The van der Waals surface area contributed by atoms with E-state index in [-0.39, 0.29) is 5.91 Å². The Morgan fingerprint density at radius 2 is 2.21 bits per heavy atom. The van der Waals surface area contributed by atoms with Crippen molar-refractivity contribution in [2.45, 2.75) is 13.3 Å². The topological polar surface area (TPSA) is 45.2 Å². The van der Waals surface area contributed by atoms with Crippen LogP contribution >= 0.6 is 11.6 Å². The smallest absolute Gasteiger partial charge is 0.238 e. The van der Waals surface area contributed by atoms with Gasteiger partial charge in [-0.2, -0.15) is 0 Å². The van der Waals surface area contributed by atoms with Crippen LogP contribution in [0.15, 0.2) is 48.7 Å². The molecule has 124 valence electrons. The first-order valence-electron chi connectivity index (χ1n) is 8.00. The van der Waals surface area contributed by atoms with E-state index >= 15 is 0 Å². The maximum absolute atomic E-state index is 12.2. The molecular formula is C19H20ClN3O. The molecule has 0 bridgehead atoms. The summed E-state index contributed by atoms with van der Waals surface area (Å²) in [4.78, 5) is 18.7. The van der Waals surface area contributed by atoms with Crippen molar-refractivity contribution < 1.29 is 4.79 Å². The van der Waals surface area contributed by atoms with Gasteiger partial charge in [0.2, 0.25) is 5.91 Å². The summed E-state index contributed by atoms with van der Waals surface area (Å²) in [6, 6.07) is 11.5. The first kappa shape index (κ1) is 16.7. The summed E-state index contributed by atoms with van der Waals surface area (Å²) < 4.78 is 0. The molecule has 1 amide bonds. The quantitative estimate of drug-likeness (QED) is 0.920. The van der Waals surface area contributed by atoms with Crippen molar-refractivity contribution in [1.29, 1.82) is 0 Å². The second-order valence-corrected chi connectivity index (χ2v) is 6.35. The number of carbonyl (C=O) groups is 1. The fourth-order valence-corrected chi connectivity index (χ4v) is 2.89. The number of hydrogen-bond acceptors (Lipinski definition) is 3. The van der Waals surface area contributed by atoms with Crippen LogP contribution < -0.4 is 5.32 Å². The average Bonchev–Trinajstić information content (AvgIpc) is 2.59. The van der Waals surface area contributed by atoms with Gasteiger partial charge in [-0.15, -0.1) is 0 Å². The van der Waals surface area contributed by atoms with Crippen LogP contribution in [0.2, 0.25) is 5.02 Å². The van der Waals surface area contributed by atoms with Crippen LogP contribution in [-0.2, 0) is 4.79 Å². The maximum Gasteiger partial charge on any atom is 0.238 e. The number of carbonyl (C=O) groups excluding carboxylic acids is 1. The average molecular weight is 342 g/mol. The summed E-state index contributed by atoms with van der Waals surface area (Å²) >= 11 is 6.09. The zero-order valence-corrected chi connectivity index (χ0v) is 14.4. The molecule has 5 heteroatoms. The minimum atomic E-state index is -0.0235. The predicted octanol–water partition coefficient (Wildman–Crippen LogP) is 3.77. The number of amides is 1. The van der Waals surface area contributed by atoms with E-state index in [2.05, 4.69) is 21.3 Å². The van der Waals surface area contributed by atoms with Crippen LogP contribution in [0.1, 0.15) is 17.7 Å². The number of anilines is 1. The molecule has 1 N–H and O–H groups in total. The summed E-state index contributed by atoms with van der Waals surface area (Å²) in [6.45, 7) is 3.92. The lowest BCUT2D eigenvalue weighted by Gasteiger charge is -2.25. The second kappa shape index (κ2) is 7.60. The fraction of sp³-hybridized carbons (Fsp3) is 0.263. The highest BCUT2D eigenvalue weighted by molar-refractivity contribution is 6.31. The summed E-state index contributed by atoms with van der Waals surface area (Å²) in [5.41, 5.74) is 4.00. The van der Waals surface area contributed by atoms with Gasteiger partial charge in [-0.1, -0.05) is 29.8 Å². The third kappa shape index (κ3) is 4.22. The maximum atomic E-state index is 12.2. The van der Waals surface area contributed by atoms with Crippen LogP contribution in [0.3, 0.4) is 0 Å². The van der Waals surface area contributed by atoms with E-state index in [0.29, 0.717) is 11.6 Å². The molecule has 24 heavy (non-hydrogen) atoms. The molecule has 1 aromatic carbocycles. The van der Waals surface area contributed by atoms with E-state index in [9.17, 15) is 4.79 Å². The zero-order valence-electron chi connectivity index (χ0n) is 13.6. The Kier molecular flexibility index (Phi) is 5.28. The van der Waals surface area contributed by atoms with Crippen LogP contribution in [0.25, 0.3) is 5.57 Å². The number of rotatable bonds is 4. The van der Waals surface area contributed by atoms with Crippen molar-refractivity contribution in [3.63, 3.8) is 0 Å². The summed E-state index contributed by atoms with van der Waals surface area (Å²) in [5.74, 6) is -0.0235. The summed E-state index contributed by atoms with van der Waals surface area (Å²) in [5, 5.41) is 3.56. The lowest BCUT2D eigenvalue weighted by atomic mass is 10.0. The molecule has 1 aliphatic rings. The van der Waals surface area contributed by atoms with E-state index in [0.717, 1.165) is 36.5 Å². The monoisotopic (exact) mass is 341 g/mol. The third-order valence-electron chi connectivity index (χ3n) is 4.11. The lowest BCUT2D eigenvalue weighted by molar-refractivity contribution is -0.117. The van der Waals surface area contributed by atoms with Gasteiger partial charge < -0.3 is 5.32 Å². The molecule has 0 fully saturated rings. The first-order chi connectivity index (χ1) is 11.6. The highest BCUT2D eigenvalue weighted by Gasteiger charge is 2.16. The van der Waals surface area contributed by atoms with Crippen molar-refractivity contribution >= 4 is 28.8 Å². The second-order valence-electron chi connectivity index (χ2n) is 5.94. The van der Waals surface area contributed by atoms with E-state index < -0.39 is 0 Å². The summed E-state index contributed by atoms with van der Waals surface area (Å²) in [7, 11) is 0. The number of pyridine rings is 1. The van der Waals surface area contributed by atoms with Gasteiger partial charge in [0.05, 0.1) is 12.2 Å². The van der Waals surface area contributed by atoms with Crippen molar-refractivity contribution in [1.82, 2.24) is 9.88 Å². The molecule has 0 saturated heterocycles. The molecule has 1 aromatic heterocycles. The number of aromatic nitrogens is 1. The fourth-order valence-electron chi connectivity index (χ4n) is 2.71. The Morgan fingerprint density at radius 3 is 2.88 bits per heavy atom. The van der Waals surface area contributed by atoms with Gasteiger partial charge in [0, 0.05) is 30.0 Å². The molecule has 2 heterocycles. The molecule has 2 aromatic rings. The molecule has 0 radical (unpaired) electrons. The Labute approximate surface area is 147 Å². The van der Waals surface area contributed by atoms with Crippen molar-refractivity contribution in [2.75, 3.05) is 25.0 Å². The predicted molar refractivity (Wildman–Crippen MR) is 98.1 cm³/mol. The zero-order chi connectivity index (χ0) is 16.9. The van der Waals surface area contributed by atoms with Crippen LogP contribution in [0, 0.1) is 6.92 Å². The van der Waals surface area contributed by atoms with E-state index in [1.807, 2.05) is 43.5 Å². The molecule has 3 rings (SSSR count). The molecule has 0 unspecified atom stereocenters. The van der Waals surface area contributed by atoms with E-state index in [1.54, 1.807) is 6.07 Å². The van der Waals surface area contributed by atoms with Gasteiger partial charge >= 0.3 is 0 Å². The van der Waals surface area contributed by atoms with E-state index in [4.69, 9.17) is 11.6 Å². The minimum absolute atomic E-state index is 0.0235. The summed E-state index contributed by atoms with van der Waals surface area (Å²) in [6.07, 6.45) is 4.87. The largest absolute Gasteiger partial charge is 0.325 e. The van der Waals surface area contributed by atoms with Crippen molar-refractivity contribution in [3.05, 3.63) is 65.0 Å². The third-order valence-corrected chi connectivity index (χ3v) is 4.52. The normalized spacial score (nSPS) is 15.0. The number of benzene rings is 1. The molecule has 0 atom stereocenters. The van der Waals surface area contributed by atoms with Gasteiger partial charge in [-0.25, -0.2) is 0 Å². The van der Waals surface area contributed by atoms with Crippen LogP contribution in [-0.4, -0.2) is 35.4 Å². The number of nitrogens with zero attached hydrogens (tertiary/aromatic N) is 2. The molecule has 0 saturated carbocycles. The van der Waals surface area contributed by atoms with Crippen LogP contribution in [0.4, 0.5) is 5.69 Å². The van der Waals surface area contributed by atoms with Crippen molar-refractivity contribution in [3.8, 4) is 0 Å². The highest BCUT2D eigenvalue weighted by Crippen LogP contribution is 2.21. The number of hydrogen-bond donors (Lipinski definition) is 1. The van der Waals surface area contributed by atoms with Gasteiger partial charge in [-0.3, -0.25) is 14.7 Å². The molecule has 4 nitrogen and oxygen atoms in total. The molecular weight excluding hydrogens is 322 g/mol. The van der Waals surface area contributed by atoms with Gasteiger partial charge in [-0.05, 0) is 48.7 Å². The standard InChI is InChI=1S/C19H20ClN3O/c1-14-5-6-16(12-17(14)20)22-19(24)13-23-10-7-15(8-11-23)18-4-2-3-9-21-18/h2-7,9,12H,8,10-11,13H2,1H3,(H,22,24). The highest BCUT2D eigenvalue weighted by atomic mass is 35.5. The van der Waals surface area contributed by atoms with Crippen molar-refractivity contribution in [2.24, 2.45) is 0 Å². The first-order valence-corrected chi connectivity index (χ1v) is 8.38. The van der Waals surface area contributed by atoms with Crippen LogP contribution in [0.5, 0.6) is 0 Å². The minimum Gasteiger partial charge on any atom is -0.325 e. The SMILES string of the molecule is Cc1ccc(NC(=O)CN2CC=C(c3ccccn3)CC2)cc1Cl. The van der Waals surface area contributed by atoms with Gasteiger partial charge in [0.1, 0.15) is 0 Å². The Hall–Kier alpha value is -2.17. The molecule has 1 aliphatic heterocycles. The number of halogens is 1. The Bertz CT molecular complexity index is 758. The van der Waals surface area contributed by atoms with E-state index in [1.165, 1.54) is 5.57 Å². The van der Waals surface area contributed by atoms with Gasteiger partial charge in [0.15, 0.2) is 0 Å². The molecule has 0 spiro atoms. The van der Waals surface area contributed by atoms with Gasteiger partial charge in [0.25, 0.3) is 0 Å². The Morgan fingerprint density at radius 1 is 1.33 bits per heavy atom.